The van der Waals surface area contributed by atoms with E-state index in [4.69, 9.17) is 11.1 Å². The van der Waals surface area contributed by atoms with Crippen LogP contribution >= 0.6 is 0 Å². The third kappa shape index (κ3) is 1.84. The van der Waals surface area contributed by atoms with Crippen molar-refractivity contribution in [1.82, 2.24) is 4.98 Å². The van der Waals surface area contributed by atoms with E-state index < -0.39 is 0 Å². The van der Waals surface area contributed by atoms with Crippen molar-refractivity contribution in [3.63, 3.8) is 0 Å². The van der Waals surface area contributed by atoms with Crippen LogP contribution in [-0.2, 0) is 0 Å². The van der Waals surface area contributed by atoms with Crippen LogP contribution in [0, 0.1) is 17.2 Å². The number of amidine groups is 1. The number of nitrogen functional groups attached to an aromatic ring is 1. The summed E-state index contributed by atoms with van der Waals surface area (Å²) in [5.74, 6) is 1.83. The second kappa shape index (κ2) is 4.24. The van der Waals surface area contributed by atoms with Crippen LogP contribution in [0.25, 0.3) is 0 Å². The molecule has 1 aliphatic heterocycles. The summed E-state index contributed by atoms with van der Waals surface area (Å²) in [6.45, 7) is 1.82. The van der Waals surface area contributed by atoms with E-state index >= 15 is 0 Å². The monoisotopic (exact) mass is 246 g/mol. The Labute approximate surface area is 106 Å². The highest BCUT2D eigenvalue weighted by molar-refractivity contribution is 5.93. The normalized spacial score (nSPS) is 30.5. The van der Waals surface area contributed by atoms with E-state index in [0.717, 1.165) is 31.7 Å². The van der Waals surface area contributed by atoms with Gasteiger partial charge >= 0.3 is 0 Å². The minimum Gasteiger partial charge on any atom is -0.393 e. The van der Waals surface area contributed by atoms with E-state index in [1.54, 1.807) is 6.07 Å². The summed E-state index contributed by atoms with van der Waals surface area (Å²) in [7, 11) is 0. The Morgan fingerprint density at radius 2 is 2.22 bits per heavy atom. The smallest absolute Gasteiger partial charge is 0.141 e. The van der Waals surface area contributed by atoms with Crippen LogP contribution in [0.15, 0.2) is 18.2 Å². The Kier molecular flexibility index (Phi) is 2.70. The standard InChI is InChI=1S/C13H18N4O/c14-13(15)10-2-1-3-12(16-10)17-6-8-4-5-11(18)9(8)7-17/h1-3,8-9,11,18H,4-7H2,(H3,14,15). The van der Waals surface area contributed by atoms with Gasteiger partial charge in [-0.15, -0.1) is 0 Å². The molecule has 2 aliphatic rings. The van der Waals surface area contributed by atoms with E-state index in [0.29, 0.717) is 17.5 Å². The first kappa shape index (κ1) is 11.5. The first-order chi connectivity index (χ1) is 8.65. The summed E-state index contributed by atoms with van der Waals surface area (Å²) in [4.78, 5) is 6.60. The maximum Gasteiger partial charge on any atom is 0.141 e. The van der Waals surface area contributed by atoms with Gasteiger partial charge in [0.05, 0.1) is 6.10 Å². The summed E-state index contributed by atoms with van der Waals surface area (Å²) < 4.78 is 0. The van der Waals surface area contributed by atoms with Crippen molar-refractivity contribution >= 4 is 11.7 Å². The number of rotatable bonds is 2. The summed E-state index contributed by atoms with van der Waals surface area (Å²) in [5.41, 5.74) is 5.98. The number of aromatic nitrogens is 1. The van der Waals surface area contributed by atoms with Gasteiger partial charge in [0.2, 0.25) is 0 Å². The zero-order chi connectivity index (χ0) is 12.7. The van der Waals surface area contributed by atoms with E-state index in [2.05, 4.69) is 9.88 Å². The Balaban J connectivity index is 1.80. The van der Waals surface area contributed by atoms with Crippen molar-refractivity contribution < 1.29 is 5.11 Å². The zero-order valence-corrected chi connectivity index (χ0v) is 10.2. The number of anilines is 1. The number of nitrogens with zero attached hydrogens (tertiary/aromatic N) is 2. The topological polar surface area (TPSA) is 86.2 Å². The molecule has 0 aromatic carbocycles. The lowest BCUT2D eigenvalue weighted by atomic mass is 10.00. The molecular formula is C13H18N4O. The van der Waals surface area contributed by atoms with E-state index in [1.165, 1.54) is 0 Å². The first-order valence-electron chi connectivity index (χ1n) is 6.39. The third-order valence-corrected chi connectivity index (χ3v) is 4.15. The molecular weight excluding hydrogens is 228 g/mol. The highest BCUT2D eigenvalue weighted by atomic mass is 16.3. The van der Waals surface area contributed by atoms with Gasteiger partial charge in [0.25, 0.3) is 0 Å². The fourth-order valence-electron chi connectivity index (χ4n) is 3.17. The minimum atomic E-state index is -0.156. The number of nitrogens with one attached hydrogen (secondary N) is 1. The summed E-state index contributed by atoms with van der Waals surface area (Å²) in [6.07, 6.45) is 1.88. The van der Waals surface area contributed by atoms with Crippen LogP contribution in [0.4, 0.5) is 5.82 Å². The van der Waals surface area contributed by atoms with Crippen molar-refractivity contribution in [1.29, 1.82) is 5.41 Å². The highest BCUT2D eigenvalue weighted by Gasteiger charge is 2.42. The molecule has 5 heteroatoms. The van der Waals surface area contributed by atoms with Gasteiger partial charge in [0, 0.05) is 19.0 Å². The van der Waals surface area contributed by atoms with Gasteiger partial charge in [0.1, 0.15) is 17.3 Å². The van der Waals surface area contributed by atoms with Crippen LogP contribution in [-0.4, -0.2) is 35.1 Å². The van der Waals surface area contributed by atoms with Gasteiger partial charge in [-0.1, -0.05) is 6.07 Å². The number of aliphatic hydroxyl groups excluding tert-OH is 1. The predicted molar refractivity (Wildman–Crippen MR) is 69.7 cm³/mol. The summed E-state index contributed by atoms with van der Waals surface area (Å²) in [5, 5.41) is 17.3. The number of hydrogen-bond acceptors (Lipinski definition) is 4. The van der Waals surface area contributed by atoms with Crippen molar-refractivity contribution in [3.8, 4) is 0 Å². The van der Waals surface area contributed by atoms with Crippen molar-refractivity contribution in [3.05, 3.63) is 23.9 Å². The lowest BCUT2D eigenvalue weighted by molar-refractivity contribution is 0.133. The molecule has 3 rings (SSSR count). The van der Waals surface area contributed by atoms with Gasteiger partial charge in [0.15, 0.2) is 0 Å². The fraction of sp³-hybridized carbons (Fsp3) is 0.538. The zero-order valence-electron chi connectivity index (χ0n) is 10.2. The molecule has 3 unspecified atom stereocenters. The molecule has 4 N–H and O–H groups in total. The summed E-state index contributed by atoms with van der Waals surface area (Å²) in [6, 6.07) is 5.57. The summed E-state index contributed by atoms with van der Waals surface area (Å²) >= 11 is 0. The SMILES string of the molecule is N=C(N)c1cccc(N2CC3CCC(O)C3C2)n1. The van der Waals surface area contributed by atoms with Crippen molar-refractivity contribution in [2.24, 2.45) is 17.6 Å². The average molecular weight is 246 g/mol. The molecule has 96 valence electrons. The van der Waals surface area contributed by atoms with Crippen LogP contribution in [0.1, 0.15) is 18.5 Å². The van der Waals surface area contributed by atoms with Gasteiger partial charge in [-0.2, -0.15) is 0 Å². The van der Waals surface area contributed by atoms with Crippen LogP contribution in [0.3, 0.4) is 0 Å². The second-order valence-corrected chi connectivity index (χ2v) is 5.27. The van der Waals surface area contributed by atoms with Crippen LogP contribution < -0.4 is 10.6 Å². The average Bonchev–Trinajstić information content (AvgIpc) is 2.92. The second-order valence-electron chi connectivity index (χ2n) is 5.27. The molecule has 2 fully saturated rings. The minimum absolute atomic E-state index is 0.00345. The van der Waals surface area contributed by atoms with E-state index in [9.17, 15) is 5.11 Å². The van der Waals surface area contributed by atoms with Crippen molar-refractivity contribution in [2.45, 2.75) is 18.9 Å². The van der Waals surface area contributed by atoms with E-state index in [1.807, 2.05) is 12.1 Å². The molecule has 0 bridgehead atoms. The maximum atomic E-state index is 9.91. The van der Waals surface area contributed by atoms with Gasteiger partial charge in [-0.25, -0.2) is 4.98 Å². The van der Waals surface area contributed by atoms with Gasteiger partial charge < -0.3 is 15.7 Å². The first-order valence-corrected chi connectivity index (χ1v) is 6.39. The Bertz CT molecular complexity index is 476. The number of hydrogen-bond donors (Lipinski definition) is 3. The highest BCUT2D eigenvalue weighted by Crippen LogP contribution is 2.39. The molecule has 0 spiro atoms. The molecule has 0 amide bonds. The largest absolute Gasteiger partial charge is 0.393 e. The third-order valence-electron chi connectivity index (χ3n) is 4.15. The van der Waals surface area contributed by atoms with Crippen LogP contribution in [0.2, 0.25) is 0 Å². The molecule has 3 atom stereocenters. The Morgan fingerprint density at radius 3 is 2.94 bits per heavy atom. The maximum absolute atomic E-state index is 9.91. The molecule has 1 aromatic heterocycles. The lowest BCUT2D eigenvalue weighted by Crippen LogP contribution is -2.26. The number of nitrogens with two attached hydrogens (primary N) is 1. The number of aliphatic hydroxyl groups is 1. The van der Waals surface area contributed by atoms with Crippen LogP contribution in [0.5, 0.6) is 0 Å². The molecule has 0 radical (unpaired) electrons. The Hall–Kier alpha value is -1.62. The molecule has 1 saturated carbocycles. The molecule has 1 aliphatic carbocycles. The lowest BCUT2D eigenvalue weighted by Gasteiger charge is -2.19. The quantitative estimate of drug-likeness (QED) is 0.526. The fourth-order valence-corrected chi connectivity index (χ4v) is 3.17. The number of fused-ring (bicyclic) bond motifs is 1. The molecule has 1 aromatic rings. The molecule has 18 heavy (non-hydrogen) atoms. The van der Waals surface area contributed by atoms with E-state index in [-0.39, 0.29) is 11.9 Å². The molecule has 5 nitrogen and oxygen atoms in total. The van der Waals surface area contributed by atoms with Gasteiger partial charge in [-0.05, 0) is 30.9 Å². The van der Waals surface area contributed by atoms with Crippen molar-refractivity contribution in [2.75, 3.05) is 18.0 Å². The number of pyridine rings is 1. The van der Waals surface area contributed by atoms with Gasteiger partial charge in [-0.3, -0.25) is 5.41 Å². The molecule has 2 heterocycles. The molecule has 1 saturated heterocycles. The Morgan fingerprint density at radius 1 is 1.39 bits per heavy atom. The predicted octanol–water partition coefficient (Wildman–Crippen LogP) is 0.573.